The third kappa shape index (κ3) is 4.45. The Kier molecular flexibility index (Phi) is 5.62. The quantitative estimate of drug-likeness (QED) is 0.606. The number of hydrogen-bond donors (Lipinski definition) is 0. The first-order chi connectivity index (χ1) is 12.5. The van der Waals surface area contributed by atoms with Crippen molar-refractivity contribution in [1.29, 1.82) is 0 Å². The first-order valence-corrected chi connectivity index (χ1v) is 8.14. The highest BCUT2D eigenvalue weighted by Crippen LogP contribution is 2.30. The van der Waals surface area contributed by atoms with Crippen molar-refractivity contribution in [1.82, 2.24) is 14.9 Å². The molecule has 0 aliphatic carbocycles. The monoisotopic (exact) mass is 363 g/mol. The molecule has 0 saturated heterocycles. The van der Waals surface area contributed by atoms with Crippen LogP contribution in [0.25, 0.3) is 11.2 Å². The van der Waals surface area contributed by atoms with Gasteiger partial charge in [0.05, 0.1) is 13.2 Å². The average Bonchev–Trinajstić information content (AvgIpc) is 2.99. The lowest BCUT2D eigenvalue weighted by molar-refractivity contribution is -0.0514. The maximum Gasteiger partial charge on any atom is 0.387 e. The number of rotatable bonds is 8. The van der Waals surface area contributed by atoms with Gasteiger partial charge in [-0.3, -0.25) is 4.90 Å². The molecule has 0 aliphatic rings. The second-order valence-corrected chi connectivity index (χ2v) is 5.70. The molecule has 0 unspecified atom stereocenters. The fourth-order valence-corrected chi connectivity index (χ4v) is 2.59. The average molecular weight is 363 g/mol. The van der Waals surface area contributed by atoms with Crippen LogP contribution in [-0.4, -0.2) is 35.1 Å². The molecule has 6 nitrogen and oxygen atoms in total. The topological polar surface area (TPSA) is 60.6 Å². The van der Waals surface area contributed by atoms with Gasteiger partial charge < -0.3 is 13.9 Å². The van der Waals surface area contributed by atoms with Crippen LogP contribution in [0.2, 0.25) is 0 Å². The SMILES string of the molecule is CCOc1cc(CN(C)Cc2nc3ncccc3o2)ccc1OC(F)F. The largest absolute Gasteiger partial charge is 0.490 e. The summed E-state index contributed by atoms with van der Waals surface area (Å²) in [4.78, 5) is 10.5. The number of pyridine rings is 1. The van der Waals surface area contributed by atoms with Gasteiger partial charge in [0.15, 0.2) is 22.7 Å². The van der Waals surface area contributed by atoms with Crippen LogP contribution in [0, 0.1) is 0 Å². The van der Waals surface area contributed by atoms with Crippen LogP contribution in [-0.2, 0) is 13.1 Å². The van der Waals surface area contributed by atoms with E-state index in [0.717, 1.165) is 5.56 Å². The van der Waals surface area contributed by atoms with Gasteiger partial charge in [0.2, 0.25) is 5.89 Å². The van der Waals surface area contributed by atoms with E-state index in [1.165, 1.54) is 6.07 Å². The fourth-order valence-electron chi connectivity index (χ4n) is 2.59. The summed E-state index contributed by atoms with van der Waals surface area (Å²) in [7, 11) is 1.91. The molecule has 26 heavy (non-hydrogen) atoms. The highest BCUT2D eigenvalue weighted by molar-refractivity contribution is 5.66. The van der Waals surface area contributed by atoms with Crippen molar-refractivity contribution in [3.8, 4) is 11.5 Å². The molecule has 0 radical (unpaired) electrons. The van der Waals surface area contributed by atoms with Crippen molar-refractivity contribution in [3.63, 3.8) is 0 Å². The van der Waals surface area contributed by atoms with Crippen molar-refractivity contribution in [2.45, 2.75) is 26.6 Å². The van der Waals surface area contributed by atoms with Gasteiger partial charge >= 0.3 is 6.61 Å². The van der Waals surface area contributed by atoms with Crippen LogP contribution in [0.3, 0.4) is 0 Å². The molecule has 8 heteroatoms. The zero-order chi connectivity index (χ0) is 18.5. The number of ether oxygens (including phenoxy) is 2. The molecule has 138 valence electrons. The van der Waals surface area contributed by atoms with Gasteiger partial charge in [0.1, 0.15) is 0 Å². The third-order valence-corrected chi connectivity index (χ3v) is 3.59. The van der Waals surface area contributed by atoms with Gasteiger partial charge in [-0.15, -0.1) is 0 Å². The molecule has 0 spiro atoms. The van der Waals surface area contributed by atoms with E-state index in [2.05, 4.69) is 14.7 Å². The number of fused-ring (bicyclic) bond motifs is 1. The highest BCUT2D eigenvalue weighted by atomic mass is 19.3. The summed E-state index contributed by atoms with van der Waals surface area (Å²) in [5.41, 5.74) is 2.11. The third-order valence-electron chi connectivity index (χ3n) is 3.59. The number of halogens is 2. The van der Waals surface area contributed by atoms with Gasteiger partial charge in [-0.2, -0.15) is 13.8 Å². The fraction of sp³-hybridized carbons (Fsp3) is 0.333. The van der Waals surface area contributed by atoms with Crippen LogP contribution in [0.5, 0.6) is 11.5 Å². The molecular formula is C18H19F2N3O3. The minimum Gasteiger partial charge on any atom is -0.490 e. The van der Waals surface area contributed by atoms with Crippen LogP contribution in [0.15, 0.2) is 40.9 Å². The van der Waals surface area contributed by atoms with Crippen LogP contribution in [0.4, 0.5) is 8.78 Å². The Bertz CT molecular complexity index is 837. The van der Waals surface area contributed by atoms with E-state index in [1.54, 1.807) is 31.3 Å². The van der Waals surface area contributed by atoms with E-state index in [4.69, 9.17) is 9.15 Å². The van der Waals surface area contributed by atoms with E-state index < -0.39 is 6.61 Å². The molecule has 0 fully saturated rings. The summed E-state index contributed by atoms with van der Waals surface area (Å²) < 4.78 is 40.5. The molecule has 0 saturated carbocycles. The standard InChI is InChI=1S/C18H19F2N3O3/c1-3-24-15-9-12(6-7-13(15)26-18(19)20)10-23(2)11-16-22-17-14(25-16)5-4-8-21-17/h4-9,18H,3,10-11H2,1-2H3. The molecule has 2 heterocycles. The van der Waals surface area contributed by atoms with E-state index in [-0.39, 0.29) is 5.75 Å². The molecule has 2 aromatic heterocycles. The molecule has 0 aliphatic heterocycles. The second-order valence-electron chi connectivity index (χ2n) is 5.70. The van der Waals surface area contributed by atoms with Crippen molar-refractivity contribution < 1.29 is 22.7 Å². The number of hydrogen-bond acceptors (Lipinski definition) is 6. The summed E-state index contributed by atoms with van der Waals surface area (Å²) in [6, 6.07) is 8.52. The molecule has 0 N–H and O–H groups in total. The number of benzene rings is 1. The van der Waals surface area contributed by atoms with Gasteiger partial charge in [-0.1, -0.05) is 6.07 Å². The Morgan fingerprint density at radius 1 is 1.19 bits per heavy atom. The zero-order valence-corrected chi connectivity index (χ0v) is 14.5. The summed E-state index contributed by atoms with van der Waals surface area (Å²) >= 11 is 0. The van der Waals surface area contributed by atoms with Crippen molar-refractivity contribution in [2.24, 2.45) is 0 Å². The first kappa shape index (κ1) is 18.1. The van der Waals surface area contributed by atoms with Crippen LogP contribution >= 0.6 is 0 Å². The van der Waals surface area contributed by atoms with E-state index >= 15 is 0 Å². The second kappa shape index (κ2) is 8.09. The van der Waals surface area contributed by atoms with Crippen LogP contribution in [0.1, 0.15) is 18.4 Å². The van der Waals surface area contributed by atoms with Crippen molar-refractivity contribution in [2.75, 3.05) is 13.7 Å². The number of nitrogens with zero attached hydrogens (tertiary/aromatic N) is 3. The summed E-state index contributed by atoms with van der Waals surface area (Å²) in [6.07, 6.45) is 1.66. The smallest absolute Gasteiger partial charge is 0.387 e. The molecule has 0 amide bonds. The Labute approximate surface area is 149 Å². The van der Waals surface area contributed by atoms with E-state index in [0.29, 0.717) is 42.6 Å². The maximum absolute atomic E-state index is 12.5. The molecule has 0 atom stereocenters. The summed E-state index contributed by atoms with van der Waals surface area (Å²) in [5.74, 6) is 0.881. The lowest BCUT2D eigenvalue weighted by Crippen LogP contribution is -2.17. The van der Waals surface area contributed by atoms with Gasteiger partial charge in [-0.25, -0.2) is 4.98 Å². The lowest BCUT2D eigenvalue weighted by atomic mass is 10.2. The first-order valence-electron chi connectivity index (χ1n) is 8.14. The van der Waals surface area contributed by atoms with Crippen molar-refractivity contribution >= 4 is 11.2 Å². The maximum atomic E-state index is 12.5. The predicted octanol–water partition coefficient (Wildman–Crippen LogP) is 3.85. The number of oxazole rings is 1. The zero-order valence-electron chi connectivity index (χ0n) is 14.5. The summed E-state index contributed by atoms with van der Waals surface area (Å²) in [6.45, 7) is 0.285. The minimum atomic E-state index is -2.89. The molecule has 0 bridgehead atoms. The molecule has 3 rings (SSSR count). The Hall–Kier alpha value is -2.74. The van der Waals surface area contributed by atoms with E-state index in [9.17, 15) is 8.78 Å². The number of aromatic nitrogens is 2. The Balaban J connectivity index is 1.69. The lowest BCUT2D eigenvalue weighted by Gasteiger charge is -2.17. The van der Waals surface area contributed by atoms with Crippen molar-refractivity contribution in [3.05, 3.63) is 48.0 Å². The normalized spacial score (nSPS) is 11.5. The summed E-state index contributed by atoms with van der Waals surface area (Å²) in [5, 5.41) is 0. The molecule has 1 aromatic carbocycles. The van der Waals surface area contributed by atoms with Gasteiger partial charge in [0.25, 0.3) is 0 Å². The predicted molar refractivity (Wildman–Crippen MR) is 91.2 cm³/mol. The highest BCUT2D eigenvalue weighted by Gasteiger charge is 2.14. The molecular weight excluding hydrogens is 344 g/mol. The van der Waals surface area contributed by atoms with Gasteiger partial charge in [-0.05, 0) is 43.8 Å². The Morgan fingerprint density at radius 3 is 2.77 bits per heavy atom. The molecule has 3 aromatic rings. The van der Waals surface area contributed by atoms with E-state index in [1.807, 2.05) is 18.0 Å². The minimum absolute atomic E-state index is 0.0262. The number of alkyl halides is 2. The Morgan fingerprint density at radius 2 is 2.04 bits per heavy atom. The van der Waals surface area contributed by atoms with Crippen LogP contribution < -0.4 is 9.47 Å². The van der Waals surface area contributed by atoms with Gasteiger partial charge in [0, 0.05) is 12.7 Å².